The van der Waals surface area contributed by atoms with Gasteiger partial charge in [-0.05, 0) is 6.42 Å². The third-order valence-corrected chi connectivity index (χ3v) is 1.76. The van der Waals surface area contributed by atoms with Crippen LogP contribution in [-0.4, -0.2) is 15.2 Å². The average Bonchev–Trinajstić information content (AvgIpc) is 2.47. The molecule has 0 unspecified atom stereocenters. The molecular formula is C7H8N4O2. The largest absolute Gasteiger partial charge is 0.421 e. The van der Waals surface area contributed by atoms with Crippen LogP contribution < -0.4 is 11.3 Å². The standard InChI is InChI=1S/C7H8N4O2/c1-2-3-5-4(11-10-3)6(12)9-7(8)13-5/h2H2,1H3,(H,10,11)(H2,8,9,12). The van der Waals surface area contributed by atoms with Gasteiger partial charge in [0.25, 0.3) is 6.01 Å². The van der Waals surface area contributed by atoms with Gasteiger partial charge in [0.1, 0.15) is 5.69 Å². The molecule has 3 N–H and O–H groups in total. The Balaban J connectivity index is 2.90. The minimum Gasteiger partial charge on any atom is -0.421 e. The van der Waals surface area contributed by atoms with Crippen LogP contribution in [0.1, 0.15) is 12.6 Å². The summed E-state index contributed by atoms with van der Waals surface area (Å²) in [6.45, 7) is 1.91. The number of anilines is 1. The van der Waals surface area contributed by atoms with Crippen LogP contribution in [0.15, 0.2) is 9.21 Å². The fourth-order valence-electron chi connectivity index (χ4n) is 1.15. The molecule has 13 heavy (non-hydrogen) atoms. The van der Waals surface area contributed by atoms with E-state index in [0.717, 1.165) is 0 Å². The van der Waals surface area contributed by atoms with E-state index in [1.54, 1.807) is 0 Å². The van der Waals surface area contributed by atoms with Gasteiger partial charge in [-0.1, -0.05) is 6.92 Å². The number of nitrogens with two attached hydrogens (primary N) is 1. The molecule has 2 aromatic heterocycles. The normalized spacial score (nSPS) is 10.8. The van der Waals surface area contributed by atoms with Gasteiger partial charge < -0.3 is 10.2 Å². The first kappa shape index (κ1) is 7.78. The van der Waals surface area contributed by atoms with Crippen LogP contribution in [0.5, 0.6) is 0 Å². The molecule has 0 atom stereocenters. The smallest absolute Gasteiger partial charge is 0.303 e. The molecule has 0 aromatic carbocycles. The van der Waals surface area contributed by atoms with E-state index >= 15 is 0 Å². The van der Waals surface area contributed by atoms with Crippen LogP contribution in [0, 0.1) is 0 Å². The Labute approximate surface area is 72.8 Å². The highest BCUT2D eigenvalue weighted by Gasteiger charge is 2.10. The molecule has 0 aliphatic carbocycles. The summed E-state index contributed by atoms with van der Waals surface area (Å²) in [6.07, 6.45) is 0.673. The van der Waals surface area contributed by atoms with Crippen molar-refractivity contribution in [2.75, 3.05) is 5.73 Å². The number of hydrogen-bond acceptors (Lipinski definition) is 5. The van der Waals surface area contributed by atoms with Crippen molar-refractivity contribution in [1.82, 2.24) is 15.2 Å². The number of hydrogen-bond donors (Lipinski definition) is 2. The van der Waals surface area contributed by atoms with Crippen molar-refractivity contribution in [2.24, 2.45) is 0 Å². The molecule has 0 amide bonds. The lowest BCUT2D eigenvalue weighted by Gasteiger charge is -1.91. The molecule has 2 aromatic rings. The Morgan fingerprint density at radius 2 is 2.38 bits per heavy atom. The van der Waals surface area contributed by atoms with Crippen LogP contribution in [0.4, 0.5) is 6.01 Å². The third kappa shape index (κ3) is 1.07. The maximum atomic E-state index is 11.2. The van der Waals surface area contributed by atoms with Gasteiger partial charge >= 0.3 is 5.56 Å². The third-order valence-electron chi connectivity index (χ3n) is 1.76. The summed E-state index contributed by atoms with van der Waals surface area (Å²) >= 11 is 0. The summed E-state index contributed by atoms with van der Waals surface area (Å²) in [5.41, 5.74) is 6.20. The first-order valence-corrected chi connectivity index (χ1v) is 3.86. The highest BCUT2D eigenvalue weighted by atomic mass is 16.4. The van der Waals surface area contributed by atoms with Gasteiger partial charge in [-0.25, -0.2) is 0 Å². The number of aryl methyl sites for hydroxylation is 1. The van der Waals surface area contributed by atoms with E-state index in [9.17, 15) is 4.79 Å². The first-order chi connectivity index (χ1) is 6.22. The number of nitrogens with one attached hydrogen (secondary N) is 1. The van der Waals surface area contributed by atoms with Crippen molar-refractivity contribution in [3.63, 3.8) is 0 Å². The maximum Gasteiger partial charge on any atom is 0.303 e. The molecule has 0 aliphatic heterocycles. The fraction of sp³-hybridized carbons (Fsp3) is 0.286. The number of nitrogen functional groups attached to an aromatic ring is 1. The number of aromatic amines is 1. The van der Waals surface area contributed by atoms with Gasteiger partial charge in [0.15, 0.2) is 11.1 Å². The number of rotatable bonds is 1. The molecule has 68 valence electrons. The van der Waals surface area contributed by atoms with Crippen LogP contribution in [0.2, 0.25) is 0 Å². The quantitative estimate of drug-likeness (QED) is 0.646. The topological polar surface area (TPSA) is 97.8 Å². The number of aromatic nitrogens is 3. The van der Waals surface area contributed by atoms with E-state index in [0.29, 0.717) is 17.7 Å². The van der Waals surface area contributed by atoms with Crippen LogP contribution in [-0.2, 0) is 6.42 Å². The number of H-pyrrole nitrogens is 1. The fourth-order valence-corrected chi connectivity index (χ4v) is 1.15. The molecule has 0 radical (unpaired) electrons. The minimum atomic E-state index is -0.439. The van der Waals surface area contributed by atoms with Crippen molar-refractivity contribution in [1.29, 1.82) is 0 Å². The van der Waals surface area contributed by atoms with E-state index in [-0.39, 0.29) is 11.5 Å². The van der Waals surface area contributed by atoms with E-state index in [4.69, 9.17) is 10.2 Å². The van der Waals surface area contributed by atoms with E-state index in [1.165, 1.54) is 0 Å². The van der Waals surface area contributed by atoms with Crippen LogP contribution in [0.3, 0.4) is 0 Å². The molecule has 2 rings (SSSR count). The summed E-state index contributed by atoms with van der Waals surface area (Å²) < 4.78 is 5.08. The molecular weight excluding hydrogens is 172 g/mol. The zero-order chi connectivity index (χ0) is 9.42. The second-order valence-corrected chi connectivity index (χ2v) is 2.59. The van der Waals surface area contributed by atoms with Gasteiger partial charge in [-0.15, -0.1) is 0 Å². The molecule has 6 nitrogen and oxygen atoms in total. The highest BCUT2D eigenvalue weighted by Crippen LogP contribution is 2.13. The van der Waals surface area contributed by atoms with Gasteiger partial charge in [0.05, 0.1) is 0 Å². The Hall–Kier alpha value is -1.85. The summed E-state index contributed by atoms with van der Waals surface area (Å²) in [4.78, 5) is 14.6. The van der Waals surface area contributed by atoms with Crippen LogP contribution in [0.25, 0.3) is 11.1 Å². The summed E-state index contributed by atoms with van der Waals surface area (Å²) in [6, 6.07) is -0.131. The van der Waals surface area contributed by atoms with Crippen molar-refractivity contribution in [3.8, 4) is 0 Å². The molecule has 0 spiro atoms. The Morgan fingerprint density at radius 1 is 1.62 bits per heavy atom. The molecule has 2 heterocycles. The van der Waals surface area contributed by atoms with E-state index in [1.807, 2.05) is 6.92 Å². The zero-order valence-corrected chi connectivity index (χ0v) is 7.00. The minimum absolute atomic E-state index is 0.131. The zero-order valence-electron chi connectivity index (χ0n) is 7.00. The summed E-state index contributed by atoms with van der Waals surface area (Å²) in [7, 11) is 0. The molecule has 0 saturated heterocycles. The lowest BCUT2D eigenvalue weighted by Crippen LogP contribution is -2.08. The Bertz CT molecular complexity index is 499. The maximum absolute atomic E-state index is 11.2. The Kier molecular flexibility index (Phi) is 1.54. The van der Waals surface area contributed by atoms with Crippen LogP contribution >= 0.6 is 0 Å². The SMILES string of the molecule is CCc1n[nH]c2c(=O)nc(N)oc12. The predicted octanol–water partition coefficient (Wildman–Crippen LogP) is 0.0557. The van der Waals surface area contributed by atoms with Crippen molar-refractivity contribution >= 4 is 17.1 Å². The van der Waals surface area contributed by atoms with E-state index in [2.05, 4.69) is 15.2 Å². The molecule has 0 fully saturated rings. The average molecular weight is 180 g/mol. The van der Waals surface area contributed by atoms with Gasteiger partial charge in [-0.2, -0.15) is 10.1 Å². The molecule has 0 aliphatic rings. The molecule has 6 heteroatoms. The highest BCUT2D eigenvalue weighted by molar-refractivity contribution is 5.73. The second kappa shape index (κ2) is 2.58. The number of nitrogens with zero attached hydrogens (tertiary/aromatic N) is 2. The van der Waals surface area contributed by atoms with Gasteiger partial charge in [0.2, 0.25) is 0 Å². The van der Waals surface area contributed by atoms with Crippen molar-refractivity contribution in [3.05, 3.63) is 16.0 Å². The lowest BCUT2D eigenvalue weighted by molar-refractivity contribution is 0.598. The van der Waals surface area contributed by atoms with Gasteiger partial charge in [-0.3, -0.25) is 9.89 Å². The molecule has 0 saturated carbocycles. The Morgan fingerprint density at radius 3 is 3.08 bits per heavy atom. The van der Waals surface area contributed by atoms with Gasteiger partial charge in [0, 0.05) is 0 Å². The predicted molar refractivity (Wildman–Crippen MR) is 46.2 cm³/mol. The lowest BCUT2D eigenvalue weighted by atomic mass is 10.3. The van der Waals surface area contributed by atoms with Crippen molar-refractivity contribution in [2.45, 2.75) is 13.3 Å². The summed E-state index contributed by atoms with van der Waals surface area (Å²) in [5, 5.41) is 6.46. The monoisotopic (exact) mass is 180 g/mol. The molecule has 0 bridgehead atoms. The second-order valence-electron chi connectivity index (χ2n) is 2.59. The van der Waals surface area contributed by atoms with E-state index < -0.39 is 5.56 Å². The number of fused-ring (bicyclic) bond motifs is 1. The first-order valence-electron chi connectivity index (χ1n) is 3.86. The summed E-state index contributed by atoms with van der Waals surface area (Å²) in [5.74, 6) is 0. The van der Waals surface area contributed by atoms with Crippen molar-refractivity contribution < 1.29 is 4.42 Å².